The van der Waals surface area contributed by atoms with Gasteiger partial charge >= 0.3 is 6.18 Å². The Labute approximate surface area is 109 Å². The Balaban J connectivity index is 3.02. The van der Waals surface area contributed by atoms with Crippen molar-refractivity contribution in [2.24, 2.45) is 0 Å². The van der Waals surface area contributed by atoms with Crippen LogP contribution in [0.4, 0.5) is 13.2 Å². The summed E-state index contributed by atoms with van der Waals surface area (Å²) >= 11 is 0. The molecule has 4 nitrogen and oxygen atoms in total. The van der Waals surface area contributed by atoms with Crippen molar-refractivity contribution in [3.63, 3.8) is 0 Å². The van der Waals surface area contributed by atoms with E-state index in [1.54, 1.807) is 6.92 Å². The lowest BCUT2D eigenvalue weighted by Gasteiger charge is -2.14. The summed E-state index contributed by atoms with van der Waals surface area (Å²) in [6, 6.07) is 3.04. The van der Waals surface area contributed by atoms with Gasteiger partial charge in [0.2, 0.25) is 10.0 Å². The summed E-state index contributed by atoms with van der Waals surface area (Å²) < 4.78 is 68.2. The Morgan fingerprint density at radius 1 is 1.37 bits per heavy atom. The number of hydrogen-bond acceptors (Lipinski definition) is 3. The molecule has 1 aromatic carbocycles. The first kappa shape index (κ1) is 15.9. The topological polar surface area (TPSA) is 55.4 Å². The fraction of sp³-hybridized carbons (Fsp3) is 0.455. The van der Waals surface area contributed by atoms with Crippen LogP contribution in [0.25, 0.3) is 0 Å². The van der Waals surface area contributed by atoms with Gasteiger partial charge in [0.1, 0.15) is 0 Å². The molecule has 0 spiro atoms. The van der Waals surface area contributed by atoms with Crippen molar-refractivity contribution in [1.29, 1.82) is 0 Å². The second-order valence-electron chi connectivity index (χ2n) is 4.00. The van der Waals surface area contributed by atoms with E-state index in [4.69, 9.17) is 4.74 Å². The van der Waals surface area contributed by atoms with Gasteiger partial charge in [-0.05, 0) is 25.1 Å². The molecule has 0 aromatic heterocycles. The van der Waals surface area contributed by atoms with Crippen LogP contribution >= 0.6 is 0 Å². The van der Waals surface area contributed by atoms with E-state index in [-0.39, 0.29) is 6.61 Å². The molecular weight excluding hydrogens is 283 g/mol. The van der Waals surface area contributed by atoms with E-state index in [9.17, 15) is 21.6 Å². The predicted octanol–water partition coefficient (Wildman–Crippen LogP) is 2.02. The van der Waals surface area contributed by atoms with Gasteiger partial charge in [0.05, 0.1) is 17.1 Å². The molecule has 1 atom stereocenters. The van der Waals surface area contributed by atoms with E-state index < -0.39 is 32.7 Å². The largest absolute Gasteiger partial charge is 0.416 e. The molecule has 0 fully saturated rings. The van der Waals surface area contributed by atoms with Crippen LogP contribution in [-0.4, -0.2) is 28.2 Å². The van der Waals surface area contributed by atoms with Crippen LogP contribution in [0.3, 0.4) is 0 Å². The molecule has 1 N–H and O–H groups in total. The Morgan fingerprint density at radius 2 is 2.00 bits per heavy atom. The van der Waals surface area contributed by atoms with Crippen LogP contribution in [-0.2, 0) is 20.9 Å². The van der Waals surface area contributed by atoms with Gasteiger partial charge in [0, 0.05) is 13.2 Å². The van der Waals surface area contributed by atoms with E-state index in [0.717, 1.165) is 18.2 Å². The van der Waals surface area contributed by atoms with Crippen LogP contribution < -0.4 is 4.72 Å². The lowest BCUT2D eigenvalue weighted by molar-refractivity contribution is -0.137. The third kappa shape index (κ3) is 4.48. The molecule has 0 amide bonds. The first-order valence-corrected chi connectivity index (χ1v) is 6.83. The lowest BCUT2D eigenvalue weighted by atomic mass is 10.2. The summed E-state index contributed by atoms with van der Waals surface area (Å²) in [5.41, 5.74) is -1.00. The average Bonchev–Trinajstić information content (AvgIpc) is 2.27. The maximum atomic E-state index is 12.5. The first-order chi connectivity index (χ1) is 8.66. The van der Waals surface area contributed by atoms with Gasteiger partial charge in [0.25, 0.3) is 0 Å². The maximum absolute atomic E-state index is 12.5. The summed E-state index contributed by atoms with van der Waals surface area (Å²) in [6.07, 6.45) is -4.58. The van der Waals surface area contributed by atoms with E-state index >= 15 is 0 Å². The monoisotopic (exact) mass is 297 g/mol. The number of rotatable bonds is 5. The molecular formula is C11H14F3NO3S. The van der Waals surface area contributed by atoms with E-state index in [1.165, 1.54) is 7.11 Å². The minimum Gasteiger partial charge on any atom is -0.383 e. The van der Waals surface area contributed by atoms with Gasteiger partial charge in [-0.25, -0.2) is 13.1 Å². The zero-order valence-electron chi connectivity index (χ0n) is 10.4. The average molecular weight is 297 g/mol. The van der Waals surface area contributed by atoms with Gasteiger partial charge in [-0.3, -0.25) is 0 Å². The number of sulfonamides is 1. The van der Waals surface area contributed by atoms with E-state index in [1.807, 2.05) is 0 Å². The number of alkyl halides is 3. The Bertz CT molecular complexity index is 528. The normalized spacial score (nSPS) is 14.4. The molecule has 0 heterocycles. The molecule has 1 aromatic rings. The van der Waals surface area contributed by atoms with E-state index in [0.29, 0.717) is 6.07 Å². The van der Waals surface area contributed by atoms with Gasteiger partial charge in [-0.2, -0.15) is 13.2 Å². The summed E-state index contributed by atoms with van der Waals surface area (Å²) in [7, 11) is -2.60. The summed E-state index contributed by atoms with van der Waals surface area (Å²) in [6.45, 7) is 1.67. The van der Waals surface area contributed by atoms with Gasteiger partial charge in [0.15, 0.2) is 0 Å². The number of benzene rings is 1. The van der Waals surface area contributed by atoms with Crippen molar-refractivity contribution >= 4 is 10.0 Å². The van der Waals surface area contributed by atoms with Crippen LogP contribution in [0.1, 0.15) is 12.5 Å². The molecule has 0 saturated heterocycles. The number of hydrogen-bond donors (Lipinski definition) is 1. The fourth-order valence-electron chi connectivity index (χ4n) is 1.46. The molecule has 0 bridgehead atoms. The highest BCUT2D eigenvalue weighted by molar-refractivity contribution is 7.89. The highest BCUT2D eigenvalue weighted by Gasteiger charge is 2.31. The van der Waals surface area contributed by atoms with Gasteiger partial charge in [-0.15, -0.1) is 0 Å². The minimum absolute atomic E-state index is 0.123. The van der Waals surface area contributed by atoms with Crippen molar-refractivity contribution in [3.8, 4) is 0 Å². The third-order valence-corrected chi connectivity index (χ3v) is 3.83. The quantitative estimate of drug-likeness (QED) is 0.904. The number of halogens is 3. The molecule has 0 aliphatic rings. The van der Waals surface area contributed by atoms with Crippen LogP contribution in [0.15, 0.2) is 29.2 Å². The highest BCUT2D eigenvalue weighted by Crippen LogP contribution is 2.30. The number of ether oxygens (including phenoxy) is 1. The SMILES string of the molecule is COCC(C)NS(=O)(=O)c1cccc(C(F)(F)F)c1. The molecule has 108 valence electrons. The third-order valence-electron chi connectivity index (χ3n) is 2.24. The fourth-order valence-corrected chi connectivity index (χ4v) is 2.73. The van der Waals surface area contributed by atoms with Crippen molar-refractivity contribution in [3.05, 3.63) is 29.8 Å². The van der Waals surface area contributed by atoms with Crippen LogP contribution in [0.2, 0.25) is 0 Å². The zero-order chi connectivity index (χ0) is 14.7. The van der Waals surface area contributed by atoms with Gasteiger partial charge in [-0.1, -0.05) is 6.07 Å². The number of nitrogens with one attached hydrogen (secondary N) is 1. The van der Waals surface area contributed by atoms with Crippen LogP contribution in [0.5, 0.6) is 0 Å². The summed E-state index contributed by atoms with van der Waals surface area (Å²) in [5.74, 6) is 0. The van der Waals surface area contributed by atoms with Crippen molar-refractivity contribution < 1.29 is 26.3 Å². The molecule has 1 unspecified atom stereocenters. The second kappa shape index (κ2) is 5.89. The summed E-state index contributed by atoms with van der Waals surface area (Å²) in [5, 5.41) is 0. The van der Waals surface area contributed by atoms with Crippen molar-refractivity contribution in [2.45, 2.75) is 24.0 Å². The Hall–Kier alpha value is -1.12. The smallest absolute Gasteiger partial charge is 0.383 e. The van der Waals surface area contributed by atoms with E-state index in [2.05, 4.69) is 4.72 Å². The zero-order valence-corrected chi connectivity index (χ0v) is 11.2. The molecule has 0 aliphatic carbocycles. The highest BCUT2D eigenvalue weighted by atomic mass is 32.2. The maximum Gasteiger partial charge on any atom is 0.416 e. The standard InChI is InChI=1S/C11H14F3NO3S/c1-8(7-18-2)15-19(16,17)10-5-3-4-9(6-10)11(12,13)14/h3-6,8,15H,7H2,1-2H3. The predicted molar refractivity (Wildman–Crippen MR) is 63.1 cm³/mol. The Kier molecular flexibility index (Phi) is 4.94. The molecule has 0 radical (unpaired) electrons. The van der Waals surface area contributed by atoms with Gasteiger partial charge < -0.3 is 4.74 Å². The molecule has 19 heavy (non-hydrogen) atoms. The minimum atomic E-state index is -4.58. The summed E-state index contributed by atoms with van der Waals surface area (Å²) in [4.78, 5) is -0.426. The molecule has 8 heteroatoms. The molecule has 1 rings (SSSR count). The van der Waals surface area contributed by atoms with Crippen molar-refractivity contribution in [1.82, 2.24) is 4.72 Å². The lowest BCUT2D eigenvalue weighted by Crippen LogP contribution is -2.35. The second-order valence-corrected chi connectivity index (χ2v) is 5.72. The first-order valence-electron chi connectivity index (χ1n) is 5.35. The Morgan fingerprint density at radius 3 is 2.53 bits per heavy atom. The molecule has 0 saturated carbocycles. The number of methoxy groups -OCH3 is 1. The van der Waals surface area contributed by atoms with Crippen molar-refractivity contribution in [2.75, 3.05) is 13.7 Å². The van der Waals surface area contributed by atoms with Crippen LogP contribution in [0, 0.1) is 0 Å². The molecule has 0 aliphatic heterocycles.